The van der Waals surface area contributed by atoms with Crippen molar-refractivity contribution in [1.29, 1.82) is 0 Å². The van der Waals surface area contributed by atoms with Crippen molar-refractivity contribution in [3.8, 4) is 0 Å². The van der Waals surface area contributed by atoms with Crippen molar-refractivity contribution >= 4 is 36.3 Å². The summed E-state index contributed by atoms with van der Waals surface area (Å²) < 4.78 is 0. The number of H-pyrrole nitrogens is 1. The van der Waals surface area contributed by atoms with Crippen LogP contribution in [-0.4, -0.2) is 80.4 Å². The highest BCUT2D eigenvalue weighted by molar-refractivity contribution is 7.80. The number of amides is 3. The second kappa shape index (κ2) is 12.9. The number of carboxylic acid groups (broad SMARTS) is 1. The number of thiol groups is 1. The number of nitrogens with two attached hydrogens (primary N) is 1. The van der Waals surface area contributed by atoms with Crippen LogP contribution in [0.5, 0.6) is 0 Å². The van der Waals surface area contributed by atoms with Gasteiger partial charge in [0, 0.05) is 24.1 Å². The molecule has 0 aliphatic carbocycles. The van der Waals surface area contributed by atoms with Crippen molar-refractivity contribution in [2.24, 2.45) is 11.7 Å². The SMILES string of the molecule is CC(C)CC(NC(=O)C(Cc1cnc[nH]1)NC(=O)C(N)CS)C(=O)NC(CO)C(=O)O. The Labute approximate surface area is 185 Å². The lowest BCUT2D eigenvalue weighted by atomic mass is 10.0. The number of carbonyl (C=O) groups excluding carboxylic acids is 3. The third kappa shape index (κ3) is 8.94. The van der Waals surface area contributed by atoms with E-state index in [4.69, 9.17) is 15.9 Å². The van der Waals surface area contributed by atoms with E-state index in [9.17, 15) is 19.2 Å². The first kappa shape index (κ1) is 26.4. The van der Waals surface area contributed by atoms with Crippen LogP contribution >= 0.6 is 12.6 Å². The molecule has 0 radical (unpaired) electrons. The fourth-order valence-electron chi connectivity index (χ4n) is 2.62. The molecule has 4 atom stereocenters. The predicted octanol–water partition coefficient (Wildman–Crippen LogP) is -2.21. The van der Waals surface area contributed by atoms with E-state index in [2.05, 4.69) is 38.5 Å². The summed E-state index contributed by atoms with van der Waals surface area (Å²) in [6, 6.07) is -4.60. The molecular weight excluding hydrogens is 428 g/mol. The van der Waals surface area contributed by atoms with Gasteiger partial charge in [-0.3, -0.25) is 14.4 Å². The number of nitrogens with one attached hydrogen (secondary N) is 4. The van der Waals surface area contributed by atoms with E-state index < -0.39 is 54.5 Å². The first-order valence-corrected chi connectivity index (χ1v) is 10.3. The number of nitrogens with zero attached hydrogens (tertiary/aromatic N) is 1. The van der Waals surface area contributed by atoms with Crippen LogP contribution < -0.4 is 21.7 Å². The Kier molecular flexibility index (Phi) is 11.0. The third-order valence-corrected chi connectivity index (χ3v) is 4.68. The highest BCUT2D eigenvalue weighted by Crippen LogP contribution is 2.07. The highest BCUT2D eigenvalue weighted by Gasteiger charge is 2.30. The van der Waals surface area contributed by atoms with E-state index in [1.165, 1.54) is 12.5 Å². The van der Waals surface area contributed by atoms with Crippen LogP contribution in [0, 0.1) is 5.92 Å². The predicted molar refractivity (Wildman–Crippen MR) is 114 cm³/mol. The second-order valence-electron chi connectivity index (χ2n) is 7.40. The first-order chi connectivity index (χ1) is 14.6. The van der Waals surface area contributed by atoms with Gasteiger partial charge in [0.15, 0.2) is 0 Å². The smallest absolute Gasteiger partial charge is 0.328 e. The molecule has 1 rings (SSSR count). The number of aromatic amines is 1. The summed E-state index contributed by atoms with van der Waals surface area (Å²) in [6.07, 6.45) is 3.17. The molecule has 31 heavy (non-hydrogen) atoms. The molecule has 0 bridgehead atoms. The molecule has 0 saturated carbocycles. The molecule has 1 aromatic heterocycles. The number of hydrogen-bond acceptors (Lipinski definition) is 8. The molecule has 0 spiro atoms. The van der Waals surface area contributed by atoms with E-state index in [1.807, 2.05) is 13.8 Å². The lowest BCUT2D eigenvalue weighted by molar-refractivity contribution is -0.143. The summed E-state index contributed by atoms with van der Waals surface area (Å²) in [4.78, 5) is 55.5. The topological polar surface area (TPSA) is 200 Å². The summed E-state index contributed by atoms with van der Waals surface area (Å²) >= 11 is 3.97. The van der Waals surface area contributed by atoms with Crippen LogP contribution in [0.4, 0.5) is 0 Å². The number of carbonyl (C=O) groups is 4. The monoisotopic (exact) mass is 458 g/mol. The molecule has 0 fully saturated rings. The van der Waals surface area contributed by atoms with Gasteiger partial charge in [-0.15, -0.1) is 0 Å². The third-order valence-electron chi connectivity index (χ3n) is 4.28. The molecule has 0 saturated heterocycles. The molecule has 1 aromatic rings. The van der Waals surface area contributed by atoms with Crippen LogP contribution in [0.3, 0.4) is 0 Å². The molecular formula is C18H30N6O6S. The van der Waals surface area contributed by atoms with Crippen molar-refractivity contribution in [2.75, 3.05) is 12.4 Å². The number of hydrogen-bond donors (Lipinski definition) is 8. The minimum atomic E-state index is -1.51. The van der Waals surface area contributed by atoms with Gasteiger partial charge in [0.05, 0.1) is 19.0 Å². The van der Waals surface area contributed by atoms with E-state index in [1.54, 1.807) is 0 Å². The molecule has 0 aromatic carbocycles. The summed E-state index contributed by atoms with van der Waals surface area (Å²) in [5.74, 6) is -3.37. The zero-order chi connectivity index (χ0) is 23.6. The Morgan fingerprint density at radius 3 is 2.16 bits per heavy atom. The molecule has 13 heteroatoms. The normalized spacial score (nSPS) is 14.9. The minimum absolute atomic E-state index is 0.0216. The Bertz CT molecular complexity index is 744. The molecule has 0 aliphatic heterocycles. The van der Waals surface area contributed by atoms with Gasteiger partial charge in [0.2, 0.25) is 17.7 Å². The fraction of sp³-hybridized carbons (Fsp3) is 0.611. The van der Waals surface area contributed by atoms with Gasteiger partial charge in [-0.2, -0.15) is 12.6 Å². The second-order valence-corrected chi connectivity index (χ2v) is 7.77. The summed E-state index contributed by atoms with van der Waals surface area (Å²) in [5, 5.41) is 25.5. The van der Waals surface area contributed by atoms with Gasteiger partial charge < -0.3 is 36.9 Å². The summed E-state index contributed by atoms with van der Waals surface area (Å²) in [7, 11) is 0. The van der Waals surface area contributed by atoms with Crippen molar-refractivity contribution in [2.45, 2.75) is 50.9 Å². The van der Waals surface area contributed by atoms with E-state index in [0.717, 1.165) is 0 Å². The lowest BCUT2D eigenvalue weighted by Gasteiger charge is -2.25. The largest absolute Gasteiger partial charge is 0.480 e. The van der Waals surface area contributed by atoms with E-state index in [-0.39, 0.29) is 24.5 Å². The number of aliphatic hydroxyl groups excluding tert-OH is 1. The molecule has 8 N–H and O–H groups in total. The van der Waals surface area contributed by atoms with Crippen molar-refractivity contribution in [3.63, 3.8) is 0 Å². The highest BCUT2D eigenvalue weighted by atomic mass is 32.1. The van der Waals surface area contributed by atoms with Gasteiger partial charge in [-0.05, 0) is 12.3 Å². The van der Waals surface area contributed by atoms with Gasteiger partial charge in [-0.25, -0.2) is 9.78 Å². The molecule has 3 amide bonds. The van der Waals surface area contributed by atoms with Crippen LogP contribution in [-0.2, 0) is 25.6 Å². The van der Waals surface area contributed by atoms with Gasteiger partial charge in [-0.1, -0.05) is 13.8 Å². The van der Waals surface area contributed by atoms with Gasteiger partial charge >= 0.3 is 5.97 Å². The number of aliphatic hydroxyl groups is 1. The van der Waals surface area contributed by atoms with E-state index in [0.29, 0.717) is 5.69 Å². The van der Waals surface area contributed by atoms with Gasteiger partial charge in [0.25, 0.3) is 0 Å². The Morgan fingerprint density at radius 2 is 1.68 bits per heavy atom. The van der Waals surface area contributed by atoms with Crippen LogP contribution in [0.15, 0.2) is 12.5 Å². The Balaban J connectivity index is 3.00. The minimum Gasteiger partial charge on any atom is -0.480 e. The molecule has 1 heterocycles. The zero-order valence-corrected chi connectivity index (χ0v) is 18.3. The first-order valence-electron chi connectivity index (χ1n) is 9.67. The average molecular weight is 459 g/mol. The molecule has 4 unspecified atom stereocenters. The Hall–Kier alpha value is -2.64. The Morgan fingerprint density at radius 1 is 1.10 bits per heavy atom. The maximum Gasteiger partial charge on any atom is 0.328 e. The fourth-order valence-corrected chi connectivity index (χ4v) is 2.79. The average Bonchev–Trinajstić information content (AvgIpc) is 3.22. The summed E-state index contributed by atoms with van der Waals surface area (Å²) in [6.45, 7) is 2.84. The van der Waals surface area contributed by atoms with Crippen molar-refractivity contribution < 1.29 is 29.4 Å². The van der Waals surface area contributed by atoms with Gasteiger partial charge in [0.1, 0.15) is 18.1 Å². The number of aliphatic carboxylic acids is 1. The summed E-state index contributed by atoms with van der Waals surface area (Å²) in [5.41, 5.74) is 6.23. The van der Waals surface area contributed by atoms with Crippen molar-refractivity contribution in [3.05, 3.63) is 18.2 Å². The standard InChI is InChI=1S/C18H30N6O6S/c1-9(2)3-12(16(27)24-14(6-25)18(29)30)23-17(28)13(4-10-5-20-8-21-10)22-15(26)11(19)7-31/h5,8-9,11-14,25,31H,3-4,6-7,19H2,1-2H3,(H,20,21)(H,22,26)(H,23,28)(H,24,27)(H,29,30). The maximum absolute atomic E-state index is 12.9. The zero-order valence-electron chi connectivity index (χ0n) is 17.4. The number of rotatable bonds is 13. The number of imidazole rings is 1. The molecule has 174 valence electrons. The van der Waals surface area contributed by atoms with Crippen LogP contribution in [0.2, 0.25) is 0 Å². The van der Waals surface area contributed by atoms with Crippen LogP contribution in [0.1, 0.15) is 26.0 Å². The number of carboxylic acids is 1. The molecule has 12 nitrogen and oxygen atoms in total. The lowest BCUT2D eigenvalue weighted by Crippen LogP contribution is -2.58. The van der Waals surface area contributed by atoms with Crippen molar-refractivity contribution in [1.82, 2.24) is 25.9 Å². The van der Waals surface area contributed by atoms with E-state index >= 15 is 0 Å². The number of aromatic nitrogens is 2. The maximum atomic E-state index is 12.9. The quantitative estimate of drug-likeness (QED) is 0.152. The van der Waals surface area contributed by atoms with Crippen LogP contribution in [0.25, 0.3) is 0 Å². The molecule has 0 aliphatic rings.